The molecule has 0 spiro atoms. The molecule has 0 saturated heterocycles. The number of hydrogen-bond acceptors (Lipinski definition) is 1. The molecule has 3 nitrogen and oxygen atoms in total. The second kappa shape index (κ2) is 22.8. The summed E-state index contributed by atoms with van der Waals surface area (Å²) in [6.07, 6.45) is 0. The zero-order chi connectivity index (χ0) is 3.58. The first-order valence-corrected chi connectivity index (χ1v) is 0.827. The van der Waals surface area contributed by atoms with Gasteiger partial charge >= 0.3 is 27.3 Å². The predicted molar refractivity (Wildman–Crippen MR) is 70.9 cm³/mol. The maximum atomic E-state index is 6.06. The van der Waals surface area contributed by atoms with Gasteiger partial charge in [-0.15, -0.1) is 71.9 Å². The van der Waals surface area contributed by atoms with Crippen LogP contribution in [0.25, 0.3) is 0 Å². The molecular formula is CH10I3N3Pb. The van der Waals surface area contributed by atoms with Crippen molar-refractivity contribution in [2.24, 2.45) is 11.5 Å². The van der Waals surface area contributed by atoms with Crippen LogP contribution in [0.1, 0.15) is 0 Å². The number of nitrogens with two attached hydrogens (primary N) is 2. The first-order chi connectivity index (χ1) is 1.73. The molecule has 0 aromatic carbocycles. The molecule has 0 atom stereocenters. The van der Waals surface area contributed by atoms with E-state index in [4.69, 9.17) is 5.41 Å². The number of rotatable bonds is 0. The van der Waals surface area contributed by atoms with Crippen LogP contribution in [0.15, 0.2) is 0 Å². The van der Waals surface area contributed by atoms with Crippen molar-refractivity contribution in [1.29, 1.82) is 5.41 Å². The Labute approximate surface area is 120 Å². The fourth-order valence-corrected chi connectivity index (χ4v) is 0. The van der Waals surface area contributed by atoms with Crippen LogP contribution in [0.4, 0.5) is 0 Å². The molecule has 5 N–H and O–H groups in total. The Morgan fingerprint density at radius 2 is 1.00 bits per heavy atom. The molecule has 0 saturated carbocycles. The summed E-state index contributed by atoms with van der Waals surface area (Å²) in [7, 11) is 0. The van der Waals surface area contributed by atoms with Crippen LogP contribution in [0.2, 0.25) is 0 Å². The molecule has 0 unspecified atom stereocenters. The molecule has 0 aliphatic heterocycles. The molecule has 0 amide bonds. The Hall–Kier alpha value is 2.38. The van der Waals surface area contributed by atoms with Gasteiger partial charge in [-0.25, -0.2) is 0 Å². The molecule has 0 aromatic heterocycles. The summed E-state index contributed by atoms with van der Waals surface area (Å²) >= 11 is 0. The second-order valence-electron chi connectivity index (χ2n) is 0.455. The topological polar surface area (TPSA) is 75.9 Å². The van der Waals surface area contributed by atoms with E-state index in [-0.39, 0.29) is 105 Å². The van der Waals surface area contributed by atoms with Crippen LogP contribution in [0.5, 0.6) is 0 Å². The van der Waals surface area contributed by atoms with Gasteiger partial charge in [-0.3, -0.25) is 5.41 Å². The molecule has 0 bridgehead atoms. The van der Waals surface area contributed by atoms with Crippen LogP contribution < -0.4 is 11.5 Å². The minimum absolute atomic E-state index is 0. The van der Waals surface area contributed by atoms with Crippen molar-refractivity contribution in [3.63, 3.8) is 0 Å². The van der Waals surface area contributed by atoms with E-state index < -0.39 is 0 Å². The van der Waals surface area contributed by atoms with Gasteiger partial charge in [-0.1, -0.05) is 0 Å². The Balaban J connectivity index is -0.00000000750. The van der Waals surface area contributed by atoms with Crippen molar-refractivity contribution < 1.29 is 0 Å². The molecule has 8 heavy (non-hydrogen) atoms. The van der Waals surface area contributed by atoms with Crippen molar-refractivity contribution in [3.8, 4) is 0 Å². The average Bonchev–Trinajstić information content (AvgIpc) is 0.811. The summed E-state index contributed by atoms with van der Waals surface area (Å²) in [5, 5.41) is 6.06. The summed E-state index contributed by atoms with van der Waals surface area (Å²) in [6.45, 7) is 0. The van der Waals surface area contributed by atoms with E-state index in [1.165, 1.54) is 0 Å². The van der Waals surface area contributed by atoms with E-state index in [9.17, 15) is 0 Å². The van der Waals surface area contributed by atoms with Crippen molar-refractivity contribution in [3.05, 3.63) is 0 Å². The molecule has 0 rings (SSSR count). The van der Waals surface area contributed by atoms with E-state index in [1.54, 1.807) is 0 Å². The predicted octanol–water partition coefficient (Wildman–Crippen LogP) is -0.224. The third-order valence-electron chi connectivity index (χ3n) is 0. The van der Waals surface area contributed by atoms with Crippen molar-refractivity contribution >= 4 is 105 Å². The first kappa shape index (κ1) is 31.5. The molecular weight excluding hydrogens is 642 g/mol. The number of guanidine groups is 1. The number of hydrogen-bond donors (Lipinski definition) is 3. The fraction of sp³-hybridized carbons (Fsp3) is 0. The normalized spacial score (nSPS) is 3.00. The third kappa shape index (κ3) is 80.5. The van der Waals surface area contributed by atoms with E-state index in [2.05, 4.69) is 11.5 Å². The van der Waals surface area contributed by atoms with Gasteiger partial charge in [0.05, 0.1) is 0 Å². The molecule has 7 heteroatoms. The summed E-state index contributed by atoms with van der Waals surface area (Å²) in [5.74, 6) is -0.333. The maximum absolute atomic E-state index is 6.06. The standard InChI is InChI=1S/CH5N3.3HI.Pb.2H/c2-1(3)4;;;;;;/h(H5,2,3,4);3*1H;;;. The van der Waals surface area contributed by atoms with Crippen LogP contribution in [-0.2, 0) is 0 Å². The zero-order valence-corrected chi connectivity index (χ0v) is 16.6. The Morgan fingerprint density at radius 3 is 1.00 bits per heavy atom. The van der Waals surface area contributed by atoms with Crippen LogP contribution in [-0.4, -0.2) is 33.3 Å². The number of nitrogens with one attached hydrogen (secondary N) is 1. The van der Waals surface area contributed by atoms with Crippen LogP contribution >= 0.6 is 71.9 Å². The molecule has 0 fully saturated rings. The van der Waals surface area contributed by atoms with Gasteiger partial charge in [0.25, 0.3) is 0 Å². The molecule has 0 aliphatic rings. The van der Waals surface area contributed by atoms with E-state index >= 15 is 0 Å². The van der Waals surface area contributed by atoms with E-state index in [1.807, 2.05) is 0 Å². The van der Waals surface area contributed by atoms with Crippen LogP contribution in [0, 0.1) is 5.41 Å². The van der Waals surface area contributed by atoms with Crippen LogP contribution in [0.3, 0.4) is 0 Å². The molecule has 0 heterocycles. The van der Waals surface area contributed by atoms with Gasteiger partial charge in [0, 0.05) is 0 Å². The quantitative estimate of drug-likeness (QED) is 0.147. The summed E-state index contributed by atoms with van der Waals surface area (Å²) in [6, 6.07) is 0. The van der Waals surface area contributed by atoms with Gasteiger partial charge in [0.15, 0.2) is 5.96 Å². The van der Waals surface area contributed by atoms with Crippen molar-refractivity contribution in [2.75, 3.05) is 0 Å². The molecule has 2 radical (unpaired) electrons. The summed E-state index contributed by atoms with van der Waals surface area (Å²) in [5.41, 5.74) is 8.94. The van der Waals surface area contributed by atoms with Gasteiger partial charge in [-0.2, -0.15) is 0 Å². The fourth-order valence-electron chi connectivity index (χ4n) is 0. The van der Waals surface area contributed by atoms with Crippen molar-refractivity contribution in [2.45, 2.75) is 0 Å². The van der Waals surface area contributed by atoms with Gasteiger partial charge < -0.3 is 11.5 Å². The Bertz CT molecular complexity index is 37.5. The first-order valence-electron chi connectivity index (χ1n) is 0.827. The SMILES string of the molecule is I.I.I.N=C(N)N.[PbH2]. The average molecular weight is 652 g/mol. The third-order valence-corrected chi connectivity index (χ3v) is 0. The Kier molecular flexibility index (Phi) is 89.7. The Morgan fingerprint density at radius 1 is 1.00 bits per heavy atom. The second-order valence-corrected chi connectivity index (χ2v) is 0.455. The summed E-state index contributed by atoms with van der Waals surface area (Å²) in [4.78, 5) is 0. The summed E-state index contributed by atoms with van der Waals surface area (Å²) < 4.78 is 0. The minimum atomic E-state index is -0.333. The van der Waals surface area contributed by atoms with E-state index in [0.717, 1.165) is 0 Å². The van der Waals surface area contributed by atoms with Gasteiger partial charge in [0.2, 0.25) is 0 Å². The van der Waals surface area contributed by atoms with Gasteiger partial charge in [0.1, 0.15) is 0 Å². The molecule has 0 aromatic rings. The number of halogens is 3. The zero-order valence-electron chi connectivity index (χ0n) is 4.09. The monoisotopic (exact) mass is 653 g/mol. The van der Waals surface area contributed by atoms with E-state index in [0.29, 0.717) is 0 Å². The molecule has 54 valence electrons. The van der Waals surface area contributed by atoms with Gasteiger partial charge in [-0.05, 0) is 0 Å². The van der Waals surface area contributed by atoms with Crippen molar-refractivity contribution in [1.82, 2.24) is 0 Å². The molecule has 0 aliphatic carbocycles.